The number of hydrogen-bond donors (Lipinski definition) is 0. The lowest BCUT2D eigenvalue weighted by Crippen LogP contribution is -1.94. The summed E-state index contributed by atoms with van der Waals surface area (Å²) in [4.78, 5) is 0. The third-order valence-corrected chi connectivity index (χ3v) is 30.2. The smallest absolute Gasteiger partial charge is 0.143 e. The van der Waals surface area contributed by atoms with Crippen LogP contribution in [-0.4, -0.2) is 0 Å². The highest BCUT2D eigenvalue weighted by Crippen LogP contribution is 2.55. The molecule has 0 N–H and O–H groups in total. The SMILES string of the molecule is c1ccc(-c2ccccc2-c2c3ccccc3c(-c3cc(-c4cccc5ccccc45)c4oc5ccccc5c4c3)c3ccccc23)cc1.c1ccc(-c2ccccc2-c2c3ccccc3c(-c3cc4c(cc3-c3cccc5ccccc35)oc3ccccc34)c3ccccc23)cc1.c1ccc(-c2ccccc2-c2c3ccccc3c(-c3ccc4oc5c(-c6cccc7ccccc67)cccc5c4c3)c3ccccc23)cc1. The van der Waals surface area contributed by atoms with Gasteiger partial charge in [-0.05, 0) is 268 Å². The zero-order valence-electron chi connectivity index (χ0n) is 80.2. The van der Waals surface area contributed by atoms with Crippen molar-refractivity contribution in [2.24, 2.45) is 0 Å². The minimum Gasteiger partial charge on any atom is -0.456 e. The first-order chi connectivity index (χ1) is 73.0. The van der Waals surface area contributed by atoms with E-state index < -0.39 is 0 Å². The van der Waals surface area contributed by atoms with Crippen LogP contribution < -0.4 is 0 Å². The molecule has 3 heteroatoms. The summed E-state index contributed by atoms with van der Waals surface area (Å²) >= 11 is 0. The second-order valence-electron chi connectivity index (χ2n) is 38.3. The predicted molar refractivity (Wildman–Crippen MR) is 624 cm³/mol. The fourth-order valence-electron chi connectivity index (χ4n) is 23.8. The highest BCUT2D eigenvalue weighted by atomic mass is 16.3. The van der Waals surface area contributed by atoms with E-state index in [4.69, 9.17) is 13.3 Å². The molecule has 0 unspecified atom stereocenters. The maximum atomic E-state index is 6.68. The number of fused-ring (bicyclic) bond motifs is 18. The highest BCUT2D eigenvalue weighted by molar-refractivity contribution is 6.29. The first-order valence-electron chi connectivity index (χ1n) is 50.6. The summed E-state index contributed by atoms with van der Waals surface area (Å²) in [7, 11) is 0. The molecule has 3 aromatic heterocycles. The molecular weight excluding hydrogens is 1780 g/mol. The molecule has 0 fully saturated rings. The molecule has 0 aliphatic heterocycles. The lowest BCUT2D eigenvalue weighted by atomic mass is 9.81. The van der Waals surface area contributed by atoms with E-state index in [2.05, 4.69) is 540 Å². The molecule has 147 heavy (non-hydrogen) atoms. The Morgan fingerprint density at radius 3 is 0.769 bits per heavy atom. The fourth-order valence-corrected chi connectivity index (χ4v) is 23.8. The standard InChI is InChI=1S/3C48H30O/c1-2-14-31(15-3-1)35-19-6-7-20-37(35)47-40-23-10-8-21-38(40)46(39-22-9-11-24-41(39)47)33-28-29-45-44(30-33)43-27-13-26-42(48(43)49-45)36-25-12-17-32-16-4-5-18-34(32)36;1-2-15-31(16-3-1)35-20-6-7-22-38(35)47-41-25-10-8-23-39(41)46(40-24-9-11-26-42(40)47)33-29-43(36-27-14-18-32-17-4-5-19-34(32)36)48-44(30-33)37-21-12-13-28-45(37)49-48;1-2-15-31(16-3-1)34-20-6-7-22-37(34)47-38-23-8-10-25-40(38)48(41-26-11-9-24-39(41)47)44-29-43-36-21-12-13-28-45(36)49-46(43)30-42(44)35-27-14-18-32-17-4-5-19-33(32)35/h3*1-30H. The Kier molecular flexibility index (Phi) is 21.0. The van der Waals surface area contributed by atoms with Crippen LogP contribution in [0.1, 0.15) is 0 Å². The topological polar surface area (TPSA) is 39.4 Å². The molecule has 0 radical (unpaired) electrons. The summed E-state index contributed by atoms with van der Waals surface area (Å²) in [6.45, 7) is 0. The van der Waals surface area contributed by atoms with Gasteiger partial charge >= 0.3 is 0 Å². The molecule has 0 aliphatic carbocycles. The van der Waals surface area contributed by atoms with Gasteiger partial charge in [0.2, 0.25) is 0 Å². The van der Waals surface area contributed by atoms with Gasteiger partial charge in [0.05, 0.1) is 0 Å². The van der Waals surface area contributed by atoms with Crippen LogP contribution in [0, 0.1) is 0 Å². The van der Waals surface area contributed by atoms with Crippen molar-refractivity contribution in [2.75, 3.05) is 0 Å². The molecular formula is C144H90O3. The predicted octanol–water partition coefficient (Wildman–Crippen LogP) is 41.1. The third-order valence-electron chi connectivity index (χ3n) is 30.2. The molecule has 3 nitrogen and oxygen atoms in total. The van der Waals surface area contributed by atoms with Gasteiger partial charge in [-0.3, -0.25) is 0 Å². The van der Waals surface area contributed by atoms with Crippen molar-refractivity contribution in [3.8, 4) is 134 Å². The largest absolute Gasteiger partial charge is 0.456 e. The van der Waals surface area contributed by atoms with E-state index in [1.54, 1.807) is 0 Å². The van der Waals surface area contributed by atoms with Crippen LogP contribution in [0.4, 0.5) is 0 Å². The highest BCUT2D eigenvalue weighted by Gasteiger charge is 2.29. The molecule has 684 valence electrons. The molecule has 30 aromatic rings. The lowest BCUT2D eigenvalue weighted by Gasteiger charge is -2.21. The Morgan fingerprint density at radius 2 is 0.354 bits per heavy atom. The minimum atomic E-state index is 0.897. The van der Waals surface area contributed by atoms with Gasteiger partial charge in [-0.1, -0.05) is 497 Å². The quantitative estimate of drug-likeness (QED) is 0.114. The molecule has 27 aromatic carbocycles. The van der Waals surface area contributed by atoms with E-state index in [9.17, 15) is 0 Å². The molecule has 0 saturated carbocycles. The number of benzene rings is 27. The summed E-state index contributed by atoms with van der Waals surface area (Å²) < 4.78 is 19.9. The minimum absolute atomic E-state index is 0.897. The Hall–Kier alpha value is -19.3. The molecule has 3 heterocycles. The van der Waals surface area contributed by atoms with Crippen LogP contribution in [0.15, 0.2) is 559 Å². The third kappa shape index (κ3) is 14.6. The van der Waals surface area contributed by atoms with Crippen LogP contribution in [0.3, 0.4) is 0 Å². The Labute approximate surface area is 849 Å². The van der Waals surface area contributed by atoms with Gasteiger partial charge in [0, 0.05) is 43.4 Å². The normalized spacial score (nSPS) is 11.7. The number of hydrogen-bond acceptors (Lipinski definition) is 3. The second kappa shape index (κ2) is 36.0. The van der Waals surface area contributed by atoms with Gasteiger partial charge in [-0.15, -0.1) is 0 Å². The van der Waals surface area contributed by atoms with Crippen molar-refractivity contribution in [3.05, 3.63) is 546 Å². The second-order valence-corrected chi connectivity index (χ2v) is 38.3. The molecule has 0 saturated heterocycles. The number of para-hydroxylation sites is 3. The summed E-state index contributed by atoms with van der Waals surface area (Å²) in [6.07, 6.45) is 0. The number of furan rings is 3. The maximum Gasteiger partial charge on any atom is 0.143 e. The van der Waals surface area contributed by atoms with Crippen LogP contribution in [0.25, 0.3) is 296 Å². The Balaban J connectivity index is 0.000000107. The van der Waals surface area contributed by atoms with Gasteiger partial charge in [-0.2, -0.15) is 0 Å². The van der Waals surface area contributed by atoms with Crippen molar-refractivity contribution >= 4 is 163 Å². The lowest BCUT2D eigenvalue weighted by molar-refractivity contribution is 0.669. The first kappa shape index (κ1) is 85.6. The zero-order valence-corrected chi connectivity index (χ0v) is 80.2. The summed E-state index contributed by atoms with van der Waals surface area (Å²) in [6, 6.07) is 197. The Morgan fingerprint density at radius 1 is 0.0952 bits per heavy atom. The van der Waals surface area contributed by atoms with Crippen molar-refractivity contribution in [3.63, 3.8) is 0 Å². The van der Waals surface area contributed by atoms with Crippen molar-refractivity contribution < 1.29 is 13.3 Å². The summed E-state index contributed by atoms with van der Waals surface area (Å²) in [5.41, 5.74) is 34.5. The maximum absolute atomic E-state index is 6.68. The van der Waals surface area contributed by atoms with Gasteiger partial charge in [0.15, 0.2) is 0 Å². The van der Waals surface area contributed by atoms with E-state index in [1.807, 2.05) is 6.07 Å². The van der Waals surface area contributed by atoms with Crippen LogP contribution in [0.5, 0.6) is 0 Å². The zero-order chi connectivity index (χ0) is 96.9. The summed E-state index contributed by atoms with van der Waals surface area (Å²) in [5, 5.41) is 28.9. The van der Waals surface area contributed by atoms with Crippen LogP contribution >= 0.6 is 0 Å². The average molecular weight is 1870 g/mol. The molecule has 0 aliphatic rings. The molecule has 0 amide bonds. The van der Waals surface area contributed by atoms with E-state index >= 15 is 0 Å². The molecule has 0 bridgehead atoms. The van der Waals surface area contributed by atoms with E-state index in [0.29, 0.717) is 0 Å². The Bertz CT molecular complexity index is 10300. The fraction of sp³-hybridized carbons (Fsp3) is 0. The van der Waals surface area contributed by atoms with Gasteiger partial charge < -0.3 is 13.3 Å². The monoisotopic (exact) mass is 1870 g/mol. The summed E-state index contributed by atoms with van der Waals surface area (Å²) in [5.74, 6) is 0. The van der Waals surface area contributed by atoms with Crippen molar-refractivity contribution in [2.45, 2.75) is 0 Å². The van der Waals surface area contributed by atoms with Crippen molar-refractivity contribution in [1.29, 1.82) is 0 Å². The van der Waals surface area contributed by atoms with Gasteiger partial charge in [0.1, 0.15) is 33.5 Å². The molecule has 0 atom stereocenters. The van der Waals surface area contributed by atoms with Crippen molar-refractivity contribution in [1.82, 2.24) is 0 Å². The molecule has 0 spiro atoms. The average Bonchev–Trinajstić information content (AvgIpc) is 1.68. The molecule has 30 rings (SSSR count). The van der Waals surface area contributed by atoms with Gasteiger partial charge in [-0.25, -0.2) is 0 Å². The van der Waals surface area contributed by atoms with E-state index in [0.717, 1.165) is 82.5 Å². The van der Waals surface area contributed by atoms with Crippen LogP contribution in [0.2, 0.25) is 0 Å². The van der Waals surface area contributed by atoms with Crippen LogP contribution in [-0.2, 0) is 0 Å². The first-order valence-corrected chi connectivity index (χ1v) is 50.6. The number of rotatable bonds is 12. The van der Waals surface area contributed by atoms with E-state index in [1.165, 1.54) is 214 Å². The van der Waals surface area contributed by atoms with Gasteiger partial charge in [0.25, 0.3) is 0 Å². The van der Waals surface area contributed by atoms with E-state index in [-0.39, 0.29) is 0 Å².